The van der Waals surface area contributed by atoms with E-state index in [4.69, 9.17) is 4.99 Å². The van der Waals surface area contributed by atoms with Gasteiger partial charge in [-0.05, 0) is 34.9 Å². The average molecular weight is 408 g/mol. The summed E-state index contributed by atoms with van der Waals surface area (Å²) in [6, 6.07) is 28.2. The van der Waals surface area contributed by atoms with Gasteiger partial charge in [0.25, 0.3) is 0 Å². The van der Waals surface area contributed by atoms with Gasteiger partial charge in [0.15, 0.2) is 0 Å². The van der Waals surface area contributed by atoms with E-state index in [0.717, 1.165) is 12.1 Å². The Bertz CT molecular complexity index is 1160. The molecule has 0 saturated carbocycles. The molecule has 1 aliphatic carbocycles. The molecule has 0 N–H and O–H groups in total. The molecular weight excluding hydrogens is 382 g/mol. The van der Waals surface area contributed by atoms with Crippen molar-refractivity contribution in [1.82, 2.24) is 0 Å². The molecule has 0 amide bonds. The first-order chi connectivity index (χ1) is 14.7. The van der Waals surface area contributed by atoms with Crippen LogP contribution in [0.1, 0.15) is 48.8 Å². The van der Waals surface area contributed by atoms with Gasteiger partial charge >= 0.3 is 0 Å². The highest BCUT2D eigenvalue weighted by Gasteiger charge is 2.24. The Morgan fingerprint density at radius 3 is 2.10 bits per heavy atom. The van der Waals surface area contributed by atoms with Crippen LogP contribution in [0, 0.1) is 0 Å². The number of rotatable bonds is 4. The van der Waals surface area contributed by atoms with Gasteiger partial charge in [-0.2, -0.15) is 0 Å². The summed E-state index contributed by atoms with van der Waals surface area (Å²) in [6.07, 6.45) is 5.48. The molecule has 2 heteroatoms. The van der Waals surface area contributed by atoms with Gasteiger partial charge in [-0.1, -0.05) is 104 Å². The maximum Gasteiger partial charge on any atom is 0.0775 e. The van der Waals surface area contributed by atoms with Gasteiger partial charge in [-0.3, -0.25) is 4.99 Å². The second-order valence-corrected chi connectivity index (χ2v) is 9.19. The second-order valence-electron chi connectivity index (χ2n) is 8.10. The maximum atomic E-state index is 5.12. The van der Waals surface area contributed by atoms with Crippen LogP contribution in [0.2, 0.25) is 0 Å². The Balaban J connectivity index is 1.43. The smallest absolute Gasteiger partial charge is 0.0775 e. The summed E-state index contributed by atoms with van der Waals surface area (Å²) in [6.45, 7) is 4.57. The Labute approximate surface area is 183 Å². The molecule has 5 rings (SSSR count). The van der Waals surface area contributed by atoms with Crippen LogP contribution in [-0.2, 0) is 0 Å². The van der Waals surface area contributed by atoms with Gasteiger partial charge in [0.1, 0.15) is 0 Å². The number of hydrogen-bond acceptors (Lipinski definition) is 2. The molecule has 0 fully saturated rings. The van der Waals surface area contributed by atoms with Crippen molar-refractivity contribution < 1.29 is 0 Å². The molecule has 2 unspecified atom stereocenters. The average Bonchev–Trinajstić information content (AvgIpc) is 2.82. The van der Waals surface area contributed by atoms with Crippen molar-refractivity contribution in [3.63, 3.8) is 0 Å². The highest BCUT2D eigenvalue weighted by molar-refractivity contribution is 8.04. The lowest BCUT2D eigenvalue weighted by Gasteiger charge is -2.25. The number of allylic oxidation sites excluding steroid dienone is 4. The van der Waals surface area contributed by atoms with Crippen molar-refractivity contribution in [3.05, 3.63) is 118 Å². The molecule has 3 aromatic rings. The zero-order valence-electron chi connectivity index (χ0n) is 17.4. The molecule has 0 bridgehead atoms. The number of benzene rings is 3. The summed E-state index contributed by atoms with van der Waals surface area (Å²) in [5.41, 5.74) is 7.78. The molecule has 2 atom stereocenters. The molecule has 0 spiro atoms. The summed E-state index contributed by atoms with van der Waals surface area (Å²) in [7, 11) is 0. The first kappa shape index (κ1) is 19.1. The zero-order valence-corrected chi connectivity index (χ0v) is 18.2. The Morgan fingerprint density at radius 1 is 0.733 bits per heavy atom. The van der Waals surface area contributed by atoms with Crippen LogP contribution >= 0.6 is 11.8 Å². The topological polar surface area (TPSA) is 12.4 Å². The second kappa shape index (κ2) is 8.12. The SMILES string of the molecule is CC(C1=CC=C2Sc3ccc(C(C)c4ccccc4)cc3N=C2C1)c1ccccc1. The van der Waals surface area contributed by atoms with Gasteiger partial charge < -0.3 is 0 Å². The van der Waals surface area contributed by atoms with Gasteiger partial charge in [-0.25, -0.2) is 0 Å². The highest BCUT2D eigenvalue weighted by Crippen LogP contribution is 2.45. The molecule has 148 valence electrons. The fourth-order valence-electron chi connectivity index (χ4n) is 4.23. The normalized spacial score (nSPS) is 17.1. The van der Waals surface area contributed by atoms with Crippen LogP contribution in [0.4, 0.5) is 5.69 Å². The van der Waals surface area contributed by atoms with E-state index in [9.17, 15) is 0 Å². The summed E-state index contributed by atoms with van der Waals surface area (Å²) >= 11 is 1.85. The lowest BCUT2D eigenvalue weighted by molar-refractivity contribution is 0.869. The van der Waals surface area contributed by atoms with E-state index in [1.54, 1.807) is 0 Å². The monoisotopic (exact) mass is 407 g/mol. The first-order valence-electron chi connectivity index (χ1n) is 10.6. The predicted molar refractivity (Wildman–Crippen MR) is 129 cm³/mol. The Morgan fingerprint density at radius 2 is 1.40 bits per heavy atom. The molecular formula is C28H25NS. The van der Waals surface area contributed by atoms with Crippen LogP contribution < -0.4 is 0 Å². The highest BCUT2D eigenvalue weighted by atomic mass is 32.2. The largest absolute Gasteiger partial charge is 0.251 e. The van der Waals surface area contributed by atoms with Gasteiger partial charge in [-0.15, -0.1) is 0 Å². The van der Waals surface area contributed by atoms with E-state index in [2.05, 4.69) is 105 Å². The van der Waals surface area contributed by atoms with Crippen LogP contribution in [0.15, 0.2) is 111 Å². The summed E-state index contributed by atoms with van der Waals surface area (Å²) in [5.74, 6) is 0.765. The summed E-state index contributed by atoms with van der Waals surface area (Å²) in [4.78, 5) is 7.66. The van der Waals surface area contributed by atoms with Crippen molar-refractivity contribution >= 4 is 23.2 Å². The third-order valence-corrected chi connectivity index (χ3v) is 7.38. The fourth-order valence-corrected chi connectivity index (χ4v) is 5.19. The molecule has 30 heavy (non-hydrogen) atoms. The minimum absolute atomic E-state index is 0.360. The third-order valence-electron chi connectivity index (χ3n) is 6.22. The quantitative estimate of drug-likeness (QED) is 0.426. The predicted octanol–water partition coefficient (Wildman–Crippen LogP) is 8.03. The minimum atomic E-state index is 0.360. The van der Waals surface area contributed by atoms with Crippen LogP contribution in [-0.4, -0.2) is 5.71 Å². The lowest BCUT2D eigenvalue weighted by Crippen LogP contribution is -2.12. The molecule has 0 saturated heterocycles. The molecule has 1 aliphatic heterocycles. The number of nitrogens with zero attached hydrogens (tertiary/aromatic N) is 1. The number of hydrogen-bond donors (Lipinski definition) is 0. The molecule has 0 radical (unpaired) electrons. The van der Waals surface area contributed by atoms with E-state index in [0.29, 0.717) is 11.8 Å². The van der Waals surface area contributed by atoms with Crippen molar-refractivity contribution in [2.24, 2.45) is 4.99 Å². The van der Waals surface area contributed by atoms with Gasteiger partial charge in [0, 0.05) is 28.1 Å². The van der Waals surface area contributed by atoms with Gasteiger partial charge in [0.2, 0.25) is 0 Å². The zero-order chi connectivity index (χ0) is 20.5. The number of aliphatic imine (C=N–C) groups is 1. The molecule has 2 aliphatic rings. The number of fused-ring (bicyclic) bond motifs is 2. The fraction of sp³-hybridized carbons (Fsp3) is 0.179. The molecule has 1 heterocycles. The minimum Gasteiger partial charge on any atom is -0.251 e. The van der Waals surface area contributed by atoms with Crippen LogP contribution in [0.25, 0.3) is 0 Å². The van der Waals surface area contributed by atoms with Crippen molar-refractivity contribution in [2.45, 2.75) is 37.0 Å². The van der Waals surface area contributed by atoms with E-state index >= 15 is 0 Å². The van der Waals surface area contributed by atoms with Crippen molar-refractivity contribution in [2.75, 3.05) is 0 Å². The Kier molecular flexibility index (Phi) is 5.18. The summed E-state index contributed by atoms with van der Waals surface area (Å²) in [5, 5.41) is 0. The van der Waals surface area contributed by atoms with E-state index in [1.807, 2.05) is 11.8 Å². The summed E-state index contributed by atoms with van der Waals surface area (Å²) < 4.78 is 0. The first-order valence-corrected chi connectivity index (χ1v) is 11.4. The van der Waals surface area contributed by atoms with Crippen molar-refractivity contribution in [1.29, 1.82) is 0 Å². The maximum absolute atomic E-state index is 5.12. The molecule has 0 aromatic heterocycles. The van der Waals surface area contributed by atoms with Gasteiger partial charge in [0.05, 0.1) is 11.4 Å². The van der Waals surface area contributed by atoms with E-state index in [-0.39, 0.29) is 0 Å². The lowest BCUT2D eigenvalue weighted by atomic mass is 9.87. The Hall–Kier alpha value is -2.84. The standard InChI is InChI=1S/C28H25NS/c1-19(21-9-5-3-6-10-21)23-13-15-27-25(17-23)29-26-18-24(14-16-28(26)30-27)20(2)22-11-7-4-8-12-22/h3-17,19-20H,18H2,1-2H3. The third kappa shape index (κ3) is 3.68. The van der Waals surface area contributed by atoms with Crippen LogP contribution in [0.5, 0.6) is 0 Å². The van der Waals surface area contributed by atoms with E-state index < -0.39 is 0 Å². The molecule has 3 aromatic carbocycles. The molecule has 1 nitrogen and oxygen atoms in total. The van der Waals surface area contributed by atoms with Crippen LogP contribution in [0.3, 0.4) is 0 Å². The van der Waals surface area contributed by atoms with E-state index in [1.165, 1.54) is 37.8 Å². The van der Waals surface area contributed by atoms with Crippen molar-refractivity contribution in [3.8, 4) is 0 Å². The number of thioether (sulfide) groups is 1.